The van der Waals surface area contributed by atoms with Gasteiger partial charge in [-0.15, -0.1) is 0 Å². The molecule has 0 spiro atoms. The van der Waals surface area contributed by atoms with E-state index in [9.17, 15) is 19.6 Å². The molecule has 3 amide bonds. The zero-order chi connectivity index (χ0) is 27.4. The fraction of sp³-hybridized carbons (Fsp3) is 0.571. The molecule has 1 saturated carbocycles. The highest BCUT2D eigenvalue weighted by molar-refractivity contribution is 6.01. The molecule has 3 aliphatic rings. The summed E-state index contributed by atoms with van der Waals surface area (Å²) in [5.74, 6) is -0.415. The molecular weight excluding hydrogens is 500 g/mol. The van der Waals surface area contributed by atoms with Gasteiger partial charge in [0, 0.05) is 37.5 Å². The van der Waals surface area contributed by atoms with Crippen molar-refractivity contribution in [2.75, 3.05) is 46.0 Å². The van der Waals surface area contributed by atoms with Gasteiger partial charge >= 0.3 is 0 Å². The van der Waals surface area contributed by atoms with Gasteiger partial charge in [0.05, 0.1) is 24.8 Å². The fourth-order valence-electron chi connectivity index (χ4n) is 5.55. The molecular formula is C28H36N6O5. The van der Waals surface area contributed by atoms with Gasteiger partial charge in [-0.1, -0.05) is 18.9 Å². The van der Waals surface area contributed by atoms with Gasteiger partial charge in [0.2, 0.25) is 11.8 Å². The molecule has 11 nitrogen and oxygen atoms in total. The van der Waals surface area contributed by atoms with Gasteiger partial charge in [-0.05, 0) is 43.4 Å². The number of benzene rings is 1. The van der Waals surface area contributed by atoms with Crippen LogP contribution in [0.4, 0.5) is 0 Å². The van der Waals surface area contributed by atoms with Gasteiger partial charge in [0.15, 0.2) is 0 Å². The zero-order valence-corrected chi connectivity index (χ0v) is 22.1. The van der Waals surface area contributed by atoms with Crippen LogP contribution in [0.15, 0.2) is 24.3 Å². The lowest BCUT2D eigenvalue weighted by Gasteiger charge is -2.26. The van der Waals surface area contributed by atoms with Crippen molar-refractivity contribution in [3.63, 3.8) is 0 Å². The standard InChI is InChI=1S/C28H36N6O5/c29-17-20(15-19-6-7-31-27(19)36)32-28(37)24(14-18-4-5-18)34-22-2-1-3-25(21(22)16-23(34)26(30)35)39-13-10-33-8-11-38-12-9-33/h1-3,16,18-20,24H,4-15H2,(H2,30,35)(H,31,36)(H,32,37)/t19-,20?,24-/m0/s1. The second-order valence-electron chi connectivity index (χ2n) is 10.7. The quantitative estimate of drug-likeness (QED) is 0.370. The Hall–Kier alpha value is -3.62. The SMILES string of the molecule is N#CC(C[C@@H]1CCNC1=O)NC(=O)[C@H](CC1CC1)n1c(C(N)=O)cc2c(OCCN3CCOCC3)cccc21. The average Bonchev–Trinajstić information content (AvgIpc) is 3.54. The molecule has 2 aromatic rings. The van der Waals surface area contributed by atoms with Crippen LogP contribution in [0.5, 0.6) is 5.75 Å². The Balaban J connectivity index is 1.39. The number of nitriles is 1. The maximum Gasteiger partial charge on any atom is 0.265 e. The molecule has 4 N–H and O–H groups in total. The molecule has 1 aromatic carbocycles. The molecule has 1 aromatic heterocycles. The van der Waals surface area contributed by atoms with Crippen LogP contribution >= 0.6 is 0 Å². The number of ether oxygens (including phenoxy) is 2. The number of rotatable bonds is 12. The van der Waals surface area contributed by atoms with E-state index in [1.165, 1.54) is 0 Å². The number of nitrogens with one attached hydrogen (secondary N) is 2. The Labute approximate surface area is 227 Å². The molecule has 1 unspecified atom stereocenters. The van der Waals surface area contributed by atoms with Crippen molar-refractivity contribution < 1.29 is 23.9 Å². The minimum atomic E-state index is -0.814. The van der Waals surface area contributed by atoms with Crippen LogP contribution in [0.25, 0.3) is 10.9 Å². The van der Waals surface area contributed by atoms with Crippen molar-refractivity contribution in [2.45, 2.75) is 44.2 Å². The molecule has 2 aliphatic heterocycles. The topological polar surface area (TPSA) is 152 Å². The smallest absolute Gasteiger partial charge is 0.265 e. The maximum atomic E-state index is 13.7. The van der Waals surface area contributed by atoms with E-state index in [0.29, 0.717) is 61.8 Å². The minimum Gasteiger partial charge on any atom is -0.492 e. The van der Waals surface area contributed by atoms with Crippen LogP contribution in [-0.2, 0) is 14.3 Å². The fourth-order valence-corrected chi connectivity index (χ4v) is 5.55. The summed E-state index contributed by atoms with van der Waals surface area (Å²) in [6, 6.07) is 7.84. The summed E-state index contributed by atoms with van der Waals surface area (Å²) < 4.78 is 13.3. The highest BCUT2D eigenvalue weighted by Gasteiger charge is 2.35. The third-order valence-electron chi connectivity index (χ3n) is 7.89. The predicted molar refractivity (Wildman–Crippen MR) is 143 cm³/mol. The van der Waals surface area contributed by atoms with Gasteiger partial charge in [0.1, 0.15) is 30.1 Å². The Morgan fingerprint density at radius 1 is 1.23 bits per heavy atom. The molecule has 2 saturated heterocycles. The summed E-state index contributed by atoms with van der Waals surface area (Å²) in [5.41, 5.74) is 6.71. The molecule has 208 valence electrons. The number of aromatic nitrogens is 1. The van der Waals surface area contributed by atoms with Crippen molar-refractivity contribution in [1.82, 2.24) is 20.1 Å². The normalized spacial score (nSPS) is 21.2. The Kier molecular flexibility index (Phi) is 8.33. The second-order valence-corrected chi connectivity index (χ2v) is 10.7. The summed E-state index contributed by atoms with van der Waals surface area (Å²) in [6.45, 7) is 4.96. The lowest BCUT2D eigenvalue weighted by molar-refractivity contribution is -0.126. The molecule has 5 rings (SSSR count). The highest BCUT2D eigenvalue weighted by atomic mass is 16.5. The monoisotopic (exact) mass is 536 g/mol. The van der Waals surface area contributed by atoms with E-state index in [1.807, 2.05) is 18.2 Å². The maximum absolute atomic E-state index is 13.7. The van der Waals surface area contributed by atoms with Crippen LogP contribution in [0.3, 0.4) is 0 Å². The van der Waals surface area contributed by atoms with E-state index >= 15 is 0 Å². The third kappa shape index (κ3) is 6.34. The summed E-state index contributed by atoms with van der Waals surface area (Å²) in [7, 11) is 0. The summed E-state index contributed by atoms with van der Waals surface area (Å²) in [6.07, 6.45) is 3.44. The number of nitrogens with zero attached hydrogens (tertiary/aromatic N) is 3. The number of amides is 3. The summed E-state index contributed by atoms with van der Waals surface area (Å²) in [5, 5.41) is 16.1. The van der Waals surface area contributed by atoms with E-state index in [2.05, 4.69) is 21.6 Å². The number of primary amides is 1. The molecule has 0 bridgehead atoms. The van der Waals surface area contributed by atoms with Gasteiger partial charge in [-0.3, -0.25) is 19.3 Å². The van der Waals surface area contributed by atoms with E-state index in [0.717, 1.165) is 32.5 Å². The van der Waals surface area contributed by atoms with Crippen LogP contribution in [0, 0.1) is 23.2 Å². The van der Waals surface area contributed by atoms with Crippen LogP contribution < -0.4 is 21.1 Å². The molecule has 3 atom stereocenters. The van der Waals surface area contributed by atoms with E-state index in [4.69, 9.17) is 15.2 Å². The number of hydrogen-bond donors (Lipinski definition) is 3. The van der Waals surface area contributed by atoms with Crippen molar-refractivity contribution in [1.29, 1.82) is 5.26 Å². The summed E-state index contributed by atoms with van der Waals surface area (Å²) in [4.78, 5) is 40.6. The van der Waals surface area contributed by atoms with Gasteiger partial charge in [-0.25, -0.2) is 0 Å². The lowest BCUT2D eigenvalue weighted by atomic mass is 9.98. The molecule has 11 heteroatoms. The first kappa shape index (κ1) is 27.0. The first-order valence-corrected chi connectivity index (χ1v) is 13.8. The second kappa shape index (κ2) is 12.1. The Morgan fingerprint density at radius 3 is 2.69 bits per heavy atom. The number of hydrogen-bond acceptors (Lipinski definition) is 7. The predicted octanol–water partition coefficient (Wildman–Crippen LogP) is 1.33. The number of carbonyl (C=O) groups is 3. The number of fused-ring (bicyclic) bond motifs is 1. The zero-order valence-electron chi connectivity index (χ0n) is 22.1. The molecule has 39 heavy (non-hydrogen) atoms. The van der Waals surface area contributed by atoms with Crippen molar-refractivity contribution in [3.05, 3.63) is 30.0 Å². The van der Waals surface area contributed by atoms with Crippen molar-refractivity contribution in [2.24, 2.45) is 17.6 Å². The lowest BCUT2D eigenvalue weighted by Crippen LogP contribution is -2.41. The van der Waals surface area contributed by atoms with Crippen LogP contribution in [-0.4, -0.2) is 79.2 Å². The van der Waals surface area contributed by atoms with E-state index in [-0.39, 0.29) is 29.8 Å². The van der Waals surface area contributed by atoms with Crippen LogP contribution in [0.2, 0.25) is 0 Å². The Bertz CT molecular complexity index is 1260. The third-order valence-corrected chi connectivity index (χ3v) is 7.89. The molecule has 1 aliphatic carbocycles. The largest absolute Gasteiger partial charge is 0.492 e. The van der Waals surface area contributed by atoms with Crippen molar-refractivity contribution in [3.8, 4) is 11.8 Å². The van der Waals surface area contributed by atoms with Crippen molar-refractivity contribution >= 4 is 28.6 Å². The average molecular weight is 537 g/mol. The Morgan fingerprint density at radius 2 is 2.03 bits per heavy atom. The first-order chi connectivity index (χ1) is 18.9. The van der Waals surface area contributed by atoms with Gasteiger partial charge < -0.3 is 30.4 Å². The summed E-state index contributed by atoms with van der Waals surface area (Å²) >= 11 is 0. The minimum absolute atomic E-state index is 0.0902. The highest BCUT2D eigenvalue weighted by Crippen LogP contribution is 2.40. The van der Waals surface area contributed by atoms with Crippen LogP contribution in [0.1, 0.15) is 48.6 Å². The van der Waals surface area contributed by atoms with Gasteiger partial charge in [-0.2, -0.15) is 5.26 Å². The number of morpholine rings is 1. The molecule has 3 fully saturated rings. The number of nitrogens with two attached hydrogens (primary N) is 1. The van der Waals surface area contributed by atoms with E-state index < -0.39 is 18.0 Å². The molecule has 3 heterocycles. The van der Waals surface area contributed by atoms with Gasteiger partial charge in [0.25, 0.3) is 5.91 Å². The van der Waals surface area contributed by atoms with E-state index in [1.54, 1.807) is 10.6 Å². The first-order valence-electron chi connectivity index (χ1n) is 13.8. The number of carbonyl (C=O) groups excluding carboxylic acids is 3. The molecule has 0 radical (unpaired) electrons.